The normalized spacial score (nSPS) is 40.6. The summed E-state index contributed by atoms with van der Waals surface area (Å²) in [5.41, 5.74) is 0. The number of cyclic esters (lactones) is 2. The Morgan fingerprint density at radius 1 is 1.15 bits per heavy atom. The fourth-order valence-corrected chi connectivity index (χ4v) is 0.773. The number of aliphatic hydroxyl groups is 3. The third-order valence-electron chi connectivity index (χ3n) is 1.36. The Morgan fingerprint density at radius 3 is 1.77 bits per heavy atom. The molecule has 1 fully saturated rings. The van der Waals surface area contributed by atoms with Crippen molar-refractivity contribution in [1.29, 1.82) is 0 Å². The van der Waals surface area contributed by atoms with Gasteiger partial charge in [0.2, 0.25) is 0 Å². The van der Waals surface area contributed by atoms with Gasteiger partial charge in [-0.1, -0.05) is 0 Å². The summed E-state index contributed by atoms with van der Waals surface area (Å²) < 4.78 is 8.23. The van der Waals surface area contributed by atoms with Gasteiger partial charge in [-0.25, -0.2) is 9.59 Å². The van der Waals surface area contributed by atoms with E-state index in [0.29, 0.717) is 0 Å². The Morgan fingerprint density at radius 2 is 1.46 bits per heavy atom. The molecule has 0 aromatic rings. The zero-order valence-electron chi connectivity index (χ0n) is 6.63. The Kier molecular flexibility index (Phi) is 2.24. The summed E-state index contributed by atoms with van der Waals surface area (Å²) in [6.45, 7) is 0.882. The summed E-state index contributed by atoms with van der Waals surface area (Å²) in [5, 5.41) is 26.8. The lowest BCUT2D eigenvalue weighted by Gasteiger charge is -2.19. The minimum Gasteiger partial charge on any atom is -0.396 e. The van der Waals surface area contributed by atoms with Gasteiger partial charge in [-0.15, -0.1) is 0 Å². The van der Waals surface area contributed by atoms with Crippen molar-refractivity contribution in [2.75, 3.05) is 0 Å². The molecule has 1 rings (SSSR count). The number of hydrogen-bond acceptors (Lipinski definition) is 7. The second-order valence-electron chi connectivity index (χ2n) is 2.63. The topological polar surface area (TPSA) is 113 Å². The number of aliphatic hydroxyl groups excluding tert-OH is 2. The molecule has 3 N–H and O–H groups in total. The van der Waals surface area contributed by atoms with Crippen molar-refractivity contribution >= 4 is 11.9 Å². The van der Waals surface area contributed by atoms with E-state index >= 15 is 0 Å². The summed E-state index contributed by atoms with van der Waals surface area (Å²) in [7, 11) is 0. The van der Waals surface area contributed by atoms with Gasteiger partial charge in [-0.05, 0) is 0 Å². The highest BCUT2D eigenvalue weighted by atomic mass is 16.8. The summed E-state index contributed by atoms with van der Waals surface area (Å²) in [6, 6.07) is 0. The number of hydrogen-bond donors (Lipinski definition) is 3. The highest BCUT2D eigenvalue weighted by molar-refractivity contribution is 5.86. The minimum atomic E-state index is -2.45. The zero-order chi connectivity index (χ0) is 10.2. The standard InChI is InChI=1S/C6H8O7/c1-6(11)12-4(9)2(7)3(8)5(10)13-6/h2-3,7-8,11H,1H3. The maximum Gasteiger partial charge on any atom is 0.370 e. The first-order valence-electron chi connectivity index (χ1n) is 3.38. The van der Waals surface area contributed by atoms with Crippen molar-refractivity contribution in [2.45, 2.75) is 25.1 Å². The van der Waals surface area contributed by atoms with Gasteiger partial charge in [0.25, 0.3) is 0 Å². The molecule has 0 aromatic carbocycles. The number of carbonyl (C=O) groups excluding carboxylic acids is 2. The Labute approximate surface area is 72.5 Å². The van der Waals surface area contributed by atoms with E-state index in [2.05, 4.69) is 9.47 Å². The lowest BCUT2D eigenvalue weighted by Crippen LogP contribution is -2.38. The molecule has 2 unspecified atom stereocenters. The Hall–Kier alpha value is -1.18. The molecular formula is C6H8O7. The van der Waals surface area contributed by atoms with Crippen LogP contribution in [0.25, 0.3) is 0 Å². The van der Waals surface area contributed by atoms with Crippen LogP contribution >= 0.6 is 0 Å². The first-order valence-corrected chi connectivity index (χ1v) is 3.38. The highest BCUT2D eigenvalue weighted by Gasteiger charge is 2.44. The predicted octanol–water partition coefficient (Wildman–Crippen LogP) is -2.53. The van der Waals surface area contributed by atoms with Crippen LogP contribution in [0, 0.1) is 0 Å². The summed E-state index contributed by atoms with van der Waals surface area (Å²) in [5.74, 6) is -5.11. The number of carbonyl (C=O) groups is 2. The molecule has 0 saturated carbocycles. The van der Waals surface area contributed by atoms with E-state index in [-0.39, 0.29) is 0 Å². The van der Waals surface area contributed by atoms with Crippen molar-refractivity contribution in [3.05, 3.63) is 0 Å². The first kappa shape index (κ1) is 9.90. The maximum absolute atomic E-state index is 10.8. The van der Waals surface area contributed by atoms with Gasteiger partial charge in [-0.3, -0.25) is 0 Å². The van der Waals surface area contributed by atoms with Crippen molar-refractivity contribution in [3.8, 4) is 0 Å². The molecular weight excluding hydrogens is 184 g/mol. The van der Waals surface area contributed by atoms with Crippen LogP contribution in [0.4, 0.5) is 0 Å². The van der Waals surface area contributed by atoms with Gasteiger partial charge in [0.15, 0.2) is 12.2 Å². The van der Waals surface area contributed by atoms with Gasteiger partial charge >= 0.3 is 17.9 Å². The molecule has 1 aliphatic rings. The molecule has 7 nitrogen and oxygen atoms in total. The monoisotopic (exact) mass is 192 g/mol. The van der Waals surface area contributed by atoms with E-state index in [4.69, 9.17) is 15.3 Å². The molecule has 0 spiro atoms. The van der Waals surface area contributed by atoms with Crippen LogP contribution in [-0.2, 0) is 19.1 Å². The van der Waals surface area contributed by atoms with E-state index in [0.717, 1.165) is 6.92 Å². The molecule has 1 saturated heterocycles. The van der Waals surface area contributed by atoms with Gasteiger partial charge in [0.1, 0.15) is 0 Å². The van der Waals surface area contributed by atoms with E-state index in [1.165, 1.54) is 0 Å². The third kappa shape index (κ3) is 1.94. The molecule has 1 aliphatic heterocycles. The van der Waals surface area contributed by atoms with E-state index in [1.54, 1.807) is 0 Å². The Balaban J connectivity index is 2.92. The van der Waals surface area contributed by atoms with Crippen LogP contribution in [0.3, 0.4) is 0 Å². The summed E-state index contributed by atoms with van der Waals surface area (Å²) in [6.07, 6.45) is -4.08. The smallest absolute Gasteiger partial charge is 0.370 e. The third-order valence-corrected chi connectivity index (χ3v) is 1.36. The van der Waals surface area contributed by atoms with Crippen molar-refractivity contribution in [3.63, 3.8) is 0 Å². The quantitative estimate of drug-likeness (QED) is 0.363. The first-order chi connectivity index (χ1) is 5.83. The second-order valence-corrected chi connectivity index (χ2v) is 2.63. The molecule has 0 bridgehead atoms. The molecule has 7 heteroatoms. The minimum absolute atomic E-state index is 0.882. The highest BCUT2D eigenvalue weighted by Crippen LogP contribution is 2.17. The van der Waals surface area contributed by atoms with Gasteiger partial charge in [0.05, 0.1) is 0 Å². The largest absolute Gasteiger partial charge is 0.396 e. The average Bonchev–Trinajstić information content (AvgIpc) is 2.03. The van der Waals surface area contributed by atoms with Gasteiger partial charge < -0.3 is 24.8 Å². The second kappa shape index (κ2) is 2.95. The fourth-order valence-electron chi connectivity index (χ4n) is 0.773. The molecule has 0 aromatic heterocycles. The van der Waals surface area contributed by atoms with E-state index in [9.17, 15) is 9.59 Å². The van der Waals surface area contributed by atoms with Crippen molar-refractivity contribution in [1.82, 2.24) is 0 Å². The molecule has 13 heavy (non-hydrogen) atoms. The van der Waals surface area contributed by atoms with Crippen molar-refractivity contribution in [2.24, 2.45) is 0 Å². The van der Waals surface area contributed by atoms with Crippen LogP contribution in [0.5, 0.6) is 0 Å². The fraction of sp³-hybridized carbons (Fsp3) is 0.667. The van der Waals surface area contributed by atoms with Crippen LogP contribution in [0.15, 0.2) is 0 Å². The van der Waals surface area contributed by atoms with E-state index < -0.39 is 30.1 Å². The van der Waals surface area contributed by atoms with Crippen LogP contribution in [-0.4, -0.2) is 45.4 Å². The average molecular weight is 192 g/mol. The SMILES string of the molecule is CC1(O)OC(=O)C(O)C(O)C(=O)O1. The maximum atomic E-state index is 10.8. The number of ether oxygens (including phenoxy) is 2. The van der Waals surface area contributed by atoms with Crippen molar-refractivity contribution < 1.29 is 34.4 Å². The molecule has 1 heterocycles. The van der Waals surface area contributed by atoms with Crippen LogP contribution in [0.1, 0.15) is 6.92 Å². The molecule has 0 radical (unpaired) electrons. The molecule has 2 atom stereocenters. The lowest BCUT2D eigenvalue weighted by molar-refractivity contribution is -0.311. The Bertz CT molecular complexity index is 221. The number of esters is 2. The summed E-state index contributed by atoms with van der Waals surface area (Å²) in [4.78, 5) is 21.5. The van der Waals surface area contributed by atoms with Crippen LogP contribution in [0.2, 0.25) is 0 Å². The lowest BCUT2D eigenvalue weighted by atomic mass is 10.2. The van der Waals surface area contributed by atoms with Gasteiger partial charge in [0, 0.05) is 6.92 Å². The molecule has 0 amide bonds. The zero-order valence-corrected chi connectivity index (χ0v) is 6.63. The molecule has 0 aliphatic carbocycles. The van der Waals surface area contributed by atoms with Gasteiger partial charge in [-0.2, -0.15) is 0 Å². The predicted molar refractivity (Wildman–Crippen MR) is 34.8 cm³/mol. The van der Waals surface area contributed by atoms with E-state index in [1.807, 2.05) is 0 Å². The summed E-state index contributed by atoms with van der Waals surface area (Å²) >= 11 is 0. The molecule has 74 valence electrons. The number of rotatable bonds is 0. The van der Waals surface area contributed by atoms with Crippen LogP contribution < -0.4 is 0 Å².